The zero-order valence-electron chi connectivity index (χ0n) is 11.3. The summed E-state index contributed by atoms with van der Waals surface area (Å²) < 4.78 is 5.33. The minimum Gasteiger partial charge on any atom is -0.482 e. The highest BCUT2D eigenvalue weighted by Gasteiger charge is 2.15. The summed E-state index contributed by atoms with van der Waals surface area (Å²) in [5.41, 5.74) is 4.14. The first-order valence-electron chi connectivity index (χ1n) is 6.57. The van der Waals surface area contributed by atoms with Crippen LogP contribution in [0.5, 0.6) is 5.75 Å². The number of fused-ring (bicyclic) bond motifs is 1. The molecule has 102 valence electrons. The van der Waals surface area contributed by atoms with E-state index in [4.69, 9.17) is 4.74 Å². The lowest BCUT2D eigenvalue weighted by Crippen LogP contribution is -2.25. The van der Waals surface area contributed by atoms with E-state index >= 15 is 0 Å². The summed E-state index contributed by atoms with van der Waals surface area (Å²) in [5, 5.41) is 6.15. The van der Waals surface area contributed by atoms with Gasteiger partial charge in [0.05, 0.1) is 5.69 Å². The second-order valence-corrected chi connectivity index (χ2v) is 4.89. The smallest absolute Gasteiger partial charge is 0.262 e. The molecule has 4 nitrogen and oxygen atoms in total. The fourth-order valence-electron chi connectivity index (χ4n) is 2.22. The van der Waals surface area contributed by atoms with Gasteiger partial charge in [0.1, 0.15) is 5.75 Å². The van der Waals surface area contributed by atoms with Crippen LogP contribution in [0.25, 0.3) is 0 Å². The Balaban J connectivity index is 1.72. The number of nitrogens with one attached hydrogen (secondary N) is 2. The largest absolute Gasteiger partial charge is 0.482 e. The second-order valence-electron chi connectivity index (χ2n) is 4.89. The van der Waals surface area contributed by atoms with Crippen molar-refractivity contribution in [2.24, 2.45) is 0 Å². The van der Waals surface area contributed by atoms with Crippen molar-refractivity contribution >= 4 is 17.3 Å². The summed E-state index contributed by atoms with van der Waals surface area (Å²) >= 11 is 0. The van der Waals surface area contributed by atoms with Gasteiger partial charge in [-0.15, -0.1) is 0 Å². The van der Waals surface area contributed by atoms with Gasteiger partial charge in [0.2, 0.25) is 0 Å². The fourth-order valence-corrected chi connectivity index (χ4v) is 2.22. The van der Waals surface area contributed by atoms with E-state index in [1.807, 2.05) is 24.3 Å². The number of aryl methyl sites for hydroxylation is 1. The Bertz CT molecular complexity index is 653. The molecule has 20 heavy (non-hydrogen) atoms. The molecule has 0 bridgehead atoms. The van der Waals surface area contributed by atoms with E-state index in [1.165, 1.54) is 11.1 Å². The predicted molar refractivity (Wildman–Crippen MR) is 79.1 cm³/mol. The van der Waals surface area contributed by atoms with Gasteiger partial charge in [-0.25, -0.2) is 0 Å². The lowest BCUT2D eigenvalue weighted by Gasteiger charge is -2.19. The van der Waals surface area contributed by atoms with Crippen LogP contribution in [0, 0.1) is 6.92 Å². The molecule has 0 fully saturated rings. The number of hydrogen-bond acceptors (Lipinski definition) is 3. The van der Waals surface area contributed by atoms with E-state index in [2.05, 4.69) is 35.8 Å². The van der Waals surface area contributed by atoms with Crippen LogP contribution < -0.4 is 15.4 Å². The number of carbonyl (C=O) groups is 1. The van der Waals surface area contributed by atoms with Gasteiger partial charge < -0.3 is 15.4 Å². The minimum atomic E-state index is -0.117. The van der Waals surface area contributed by atoms with Crippen molar-refractivity contribution in [3.05, 3.63) is 53.6 Å². The van der Waals surface area contributed by atoms with Crippen molar-refractivity contribution in [3.8, 4) is 5.75 Å². The maximum absolute atomic E-state index is 11.3. The van der Waals surface area contributed by atoms with Crippen molar-refractivity contribution in [2.75, 3.05) is 17.2 Å². The topological polar surface area (TPSA) is 50.4 Å². The monoisotopic (exact) mass is 268 g/mol. The van der Waals surface area contributed by atoms with Crippen LogP contribution >= 0.6 is 0 Å². The molecule has 0 aromatic heterocycles. The third kappa shape index (κ3) is 2.74. The summed E-state index contributed by atoms with van der Waals surface area (Å²) in [7, 11) is 0. The number of carbonyl (C=O) groups excluding carboxylic acids is 1. The molecule has 2 N–H and O–H groups in total. The van der Waals surface area contributed by atoms with Crippen molar-refractivity contribution in [1.29, 1.82) is 0 Å². The normalized spacial score (nSPS) is 13.2. The predicted octanol–water partition coefficient (Wildman–Crippen LogP) is 2.94. The van der Waals surface area contributed by atoms with Crippen molar-refractivity contribution < 1.29 is 9.53 Å². The molecule has 0 atom stereocenters. The van der Waals surface area contributed by atoms with Gasteiger partial charge in [-0.3, -0.25) is 4.79 Å². The first-order valence-corrected chi connectivity index (χ1v) is 6.57. The van der Waals surface area contributed by atoms with E-state index in [0.29, 0.717) is 5.75 Å². The number of rotatable bonds is 3. The molecule has 1 heterocycles. The first kappa shape index (κ1) is 12.5. The van der Waals surface area contributed by atoms with E-state index in [9.17, 15) is 4.79 Å². The highest BCUT2D eigenvalue weighted by molar-refractivity contribution is 5.96. The molecular weight excluding hydrogens is 252 g/mol. The first-order chi connectivity index (χ1) is 9.70. The van der Waals surface area contributed by atoms with Crippen LogP contribution in [0.3, 0.4) is 0 Å². The third-order valence-corrected chi connectivity index (χ3v) is 3.19. The molecular formula is C16H16N2O2. The minimum absolute atomic E-state index is 0.0864. The Hall–Kier alpha value is -2.49. The molecule has 0 radical (unpaired) electrons. The molecule has 0 aliphatic carbocycles. The molecule has 4 heteroatoms. The molecule has 0 saturated carbocycles. The summed E-state index contributed by atoms with van der Waals surface area (Å²) in [6, 6.07) is 14.1. The van der Waals surface area contributed by atoms with Crippen LogP contribution in [0.1, 0.15) is 11.1 Å². The number of anilines is 2. The second kappa shape index (κ2) is 5.25. The molecule has 3 rings (SSSR count). The summed E-state index contributed by atoms with van der Waals surface area (Å²) in [4.78, 5) is 11.3. The van der Waals surface area contributed by atoms with Crippen LogP contribution in [0.15, 0.2) is 42.5 Å². The van der Waals surface area contributed by atoms with Gasteiger partial charge in [0.15, 0.2) is 6.61 Å². The van der Waals surface area contributed by atoms with Crippen molar-refractivity contribution in [1.82, 2.24) is 0 Å². The SMILES string of the molecule is Cc1cccc(CNc2ccc3c(c2)NC(=O)CO3)c1. The molecule has 0 saturated heterocycles. The van der Waals surface area contributed by atoms with Crippen molar-refractivity contribution in [3.63, 3.8) is 0 Å². The molecule has 2 aromatic rings. The van der Waals surface area contributed by atoms with Crippen LogP contribution in [-0.4, -0.2) is 12.5 Å². The average Bonchev–Trinajstić information content (AvgIpc) is 2.45. The molecule has 1 aliphatic rings. The zero-order chi connectivity index (χ0) is 13.9. The van der Waals surface area contributed by atoms with Crippen molar-refractivity contribution in [2.45, 2.75) is 13.5 Å². The maximum Gasteiger partial charge on any atom is 0.262 e. The van der Waals surface area contributed by atoms with E-state index in [-0.39, 0.29) is 12.5 Å². The average molecular weight is 268 g/mol. The Morgan fingerprint density at radius 2 is 2.15 bits per heavy atom. The molecule has 0 unspecified atom stereocenters. The van der Waals surface area contributed by atoms with Gasteiger partial charge in [-0.1, -0.05) is 29.8 Å². The Kier molecular flexibility index (Phi) is 3.29. The number of hydrogen-bond donors (Lipinski definition) is 2. The highest BCUT2D eigenvalue weighted by atomic mass is 16.5. The Morgan fingerprint density at radius 3 is 3.00 bits per heavy atom. The third-order valence-electron chi connectivity index (χ3n) is 3.19. The van der Waals surface area contributed by atoms with E-state index in [1.54, 1.807) is 0 Å². The van der Waals surface area contributed by atoms with E-state index in [0.717, 1.165) is 17.9 Å². The van der Waals surface area contributed by atoms with Gasteiger partial charge in [-0.05, 0) is 30.7 Å². The molecule has 0 spiro atoms. The quantitative estimate of drug-likeness (QED) is 0.900. The Labute approximate surface area is 117 Å². The van der Waals surface area contributed by atoms with Crippen LogP contribution in [-0.2, 0) is 11.3 Å². The van der Waals surface area contributed by atoms with Gasteiger partial charge in [-0.2, -0.15) is 0 Å². The fraction of sp³-hybridized carbons (Fsp3) is 0.188. The van der Waals surface area contributed by atoms with Gasteiger partial charge >= 0.3 is 0 Å². The van der Waals surface area contributed by atoms with Gasteiger partial charge in [0, 0.05) is 12.2 Å². The number of ether oxygens (including phenoxy) is 1. The summed E-state index contributed by atoms with van der Waals surface area (Å²) in [6.07, 6.45) is 0. The summed E-state index contributed by atoms with van der Waals surface area (Å²) in [6.45, 7) is 2.91. The number of benzene rings is 2. The Morgan fingerprint density at radius 1 is 1.25 bits per heavy atom. The number of amides is 1. The highest BCUT2D eigenvalue weighted by Crippen LogP contribution is 2.30. The molecule has 1 aliphatic heterocycles. The molecule has 2 aromatic carbocycles. The summed E-state index contributed by atoms with van der Waals surface area (Å²) in [5.74, 6) is 0.596. The maximum atomic E-state index is 11.3. The standard InChI is InChI=1S/C16H16N2O2/c1-11-3-2-4-12(7-11)9-17-13-5-6-15-14(8-13)18-16(19)10-20-15/h2-8,17H,9-10H2,1H3,(H,18,19). The van der Waals surface area contributed by atoms with Crippen LogP contribution in [0.2, 0.25) is 0 Å². The van der Waals surface area contributed by atoms with E-state index < -0.39 is 0 Å². The van der Waals surface area contributed by atoms with Gasteiger partial charge in [0.25, 0.3) is 5.91 Å². The lowest BCUT2D eigenvalue weighted by molar-refractivity contribution is -0.118. The lowest BCUT2D eigenvalue weighted by atomic mass is 10.1. The van der Waals surface area contributed by atoms with Crippen LogP contribution in [0.4, 0.5) is 11.4 Å². The zero-order valence-corrected chi connectivity index (χ0v) is 11.3. The molecule has 1 amide bonds.